The van der Waals surface area contributed by atoms with E-state index in [-0.39, 0.29) is 11.3 Å². The number of halogens is 2. The lowest BCUT2D eigenvalue weighted by Gasteiger charge is -2.16. The maximum absolute atomic E-state index is 13.3. The van der Waals surface area contributed by atoms with Crippen LogP contribution in [0.4, 0.5) is 8.78 Å². The Morgan fingerprint density at radius 3 is 2.17 bits per heavy atom. The van der Waals surface area contributed by atoms with Crippen molar-refractivity contribution in [1.29, 1.82) is 0 Å². The maximum atomic E-state index is 13.3. The van der Waals surface area contributed by atoms with E-state index in [2.05, 4.69) is 18.6 Å². The van der Waals surface area contributed by atoms with Gasteiger partial charge in [-0.05, 0) is 74.4 Å². The zero-order valence-electron chi connectivity index (χ0n) is 17.7. The van der Waals surface area contributed by atoms with E-state index in [1.807, 2.05) is 13.0 Å². The van der Waals surface area contributed by atoms with E-state index in [1.54, 1.807) is 42.1 Å². The Balaban J connectivity index is 2.27. The molecule has 0 aliphatic heterocycles. The standard InChI is InChI=1S/C22H27F2N3O2/c1-7-15(8-2)17-11-14(5)27-19(17)21(28)26(6)20(25-27)18-12(3)9-16(10-13(18)4)29-22(23)24/h9-11,15,22H,7-8H2,1-6H3. The van der Waals surface area contributed by atoms with E-state index in [4.69, 9.17) is 5.10 Å². The third kappa shape index (κ3) is 3.66. The lowest BCUT2D eigenvalue weighted by Crippen LogP contribution is -2.25. The molecule has 2 heterocycles. The molecule has 156 valence electrons. The molecule has 0 saturated heterocycles. The summed E-state index contributed by atoms with van der Waals surface area (Å²) in [7, 11) is 1.70. The van der Waals surface area contributed by atoms with E-state index >= 15 is 0 Å². The van der Waals surface area contributed by atoms with Crippen LogP contribution >= 0.6 is 0 Å². The molecular weight excluding hydrogens is 376 g/mol. The van der Waals surface area contributed by atoms with E-state index < -0.39 is 6.61 Å². The van der Waals surface area contributed by atoms with E-state index in [9.17, 15) is 13.6 Å². The largest absolute Gasteiger partial charge is 0.435 e. The quantitative estimate of drug-likeness (QED) is 0.573. The van der Waals surface area contributed by atoms with Crippen LogP contribution in [0.25, 0.3) is 16.9 Å². The second kappa shape index (κ2) is 7.97. The second-order valence-electron chi connectivity index (χ2n) is 7.51. The number of ether oxygens (including phenoxy) is 1. The number of aryl methyl sites for hydroxylation is 3. The Bertz CT molecular complexity index is 1090. The van der Waals surface area contributed by atoms with E-state index in [1.165, 1.54) is 0 Å². The molecule has 0 bridgehead atoms. The first-order chi connectivity index (χ1) is 13.7. The van der Waals surface area contributed by atoms with Gasteiger partial charge in [-0.1, -0.05) is 13.8 Å². The third-order valence-corrected chi connectivity index (χ3v) is 5.58. The summed E-state index contributed by atoms with van der Waals surface area (Å²) in [6.07, 6.45) is 1.90. The minimum atomic E-state index is -2.88. The molecule has 0 saturated carbocycles. The van der Waals surface area contributed by atoms with Crippen molar-refractivity contribution in [3.05, 3.63) is 50.9 Å². The molecule has 0 spiro atoms. The van der Waals surface area contributed by atoms with Gasteiger partial charge in [-0.15, -0.1) is 5.10 Å². The summed E-state index contributed by atoms with van der Waals surface area (Å²) in [5.74, 6) is 0.891. The molecule has 0 aliphatic carbocycles. The monoisotopic (exact) mass is 403 g/mol. The molecule has 0 N–H and O–H groups in total. The average Bonchev–Trinajstić information content (AvgIpc) is 2.95. The summed E-state index contributed by atoms with van der Waals surface area (Å²) in [5, 5.41) is 4.78. The summed E-state index contributed by atoms with van der Waals surface area (Å²) in [4.78, 5) is 13.3. The Morgan fingerprint density at radius 1 is 1.07 bits per heavy atom. The molecule has 0 fully saturated rings. The van der Waals surface area contributed by atoms with Gasteiger partial charge in [-0.25, -0.2) is 4.52 Å². The van der Waals surface area contributed by atoms with Crippen molar-refractivity contribution >= 4 is 5.52 Å². The van der Waals surface area contributed by atoms with Gasteiger partial charge in [0.1, 0.15) is 11.3 Å². The summed E-state index contributed by atoms with van der Waals surface area (Å²) in [6, 6.07) is 5.14. The lowest BCUT2D eigenvalue weighted by atomic mass is 9.95. The minimum absolute atomic E-state index is 0.0954. The van der Waals surface area contributed by atoms with Gasteiger partial charge < -0.3 is 4.74 Å². The predicted molar refractivity (Wildman–Crippen MR) is 110 cm³/mol. The molecule has 3 aromatic rings. The van der Waals surface area contributed by atoms with Crippen molar-refractivity contribution in [2.24, 2.45) is 7.05 Å². The predicted octanol–water partition coefficient (Wildman–Crippen LogP) is 5.13. The third-order valence-electron chi connectivity index (χ3n) is 5.58. The van der Waals surface area contributed by atoms with E-state index in [0.29, 0.717) is 28.4 Å². The fourth-order valence-corrected chi connectivity index (χ4v) is 4.12. The Morgan fingerprint density at radius 2 is 1.66 bits per heavy atom. The first-order valence-electron chi connectivity index (χ1n) is 9.85. The maximum Gasteiger partial charge on any atom is 0.387 e. The van der Waals surface area contributed by atoms with Gasteiger partial charge in [0.2, 0.25) is 0 Å². The second-order valence-corrected chi connectivity index (χ2v) is 7.51. The van der Waals surface area contributed by atoms with Crippen LogP contribution < -0.4 is 10.3 Å². The SMILES string of the molecule is CCC(CC)c1cc(C)n2nc(-c3c(C)cc(OC(F)F)cc3C)n(C)c(=O)c12. The van der Waals surface area contributed by atoms with Crippen molar-refractivity contribution < 1.29 is 13.5 Å². The van der Waals surface area contributed by atoms with Gasteiger partial charge in [0.05, 0.1) is 0 Å². The van der Waals surface area contributed by atoms with Gasteiger partial charge in [0, 0.05) is 18.3 Å². The zero-order valence-corrected chi connectivity index (χ0v) is 17.7. The number of hydrogen-bond acceptors (Lipinski definition) is 3. The molecule has 7 heteroatoms. The fourth-order valence-electron chi connectivity index (χ4n) is 4.12. The van der Waals surface area contributed by atoms with Crippen LogP contribution in [-0.4, -0.2) is 20.8 Å². The number of nitrogens with zero attached hydrogens (tertiary/aromatic N) is 3. The molecule has 0 radical (unpaired) electrons. The molecule has 1 aromatic carbocycles. The average molecular weight is 403 g/mol. The molecule has 0 atom stereocenters. The number of rotatable bonds is 6. The summed E-state index contributed by atoms with van der Waals surface area (Å²) < 4.78 is 33.0. The number of benzene rings is 1. The molecule has 3 rings (SSSR count). The first-order valence-corrected chi connectivity index (χ1v) is 9.85. The van der Waals surface area contributed by atoms with Crippen molar-refractivity contribution in [3.63, 3.8) is 0 Å². The van der Waals surface area contributed by atoms with Gasteiger partial charge in [0.15, 0.2) is 5.82 Å². The van der Waals surface area contributed by atoms with Crippen LogP contribution in [-0.2, 0) is 7.05 Å². The van der Waals surface area contributed by atoms with Crippen LogP contribution in [0.15, 0.2) is 23.0 Å². The molecular formula is C22H27F2N3O2. The normalized spacial score (nSPS) is 11.8. The topological polar surface area (TPSA) is 48.5 Å². The fraction of sp³-hybridized carbons (Fsp3) is 0.455. The minimum Gasteiger partial charge on any atom is -0.435 e. The van der Waals surface area contributed by atoms with Crippen LogP contribution in [0.3, 0.4) is 0 Å². The molecule has 5 nitrogen and oxygen atoms in total. The molecule has 0 unspecified atom stereocenters. The highest BCUT2D eigenvalue weighted by Gasteiger charge is 2.22. The zero-order chi connectivity index (χ0) is 21.5. The Hall–Kier alpha value is -2.70. The summed E-state index contributed by atoms with van der Waals surface area (Å²) in [5.41, 5.74) is 4.59. The van der Waals surface area contributed by atoms with Crippen LogP contribution in [0.1, 0.15) is 55.0 Å². The van der Waals surface area contributed by atoms with Gasteiger partial charge in [0.25, 0.3) is 5.56 Å². The first kappa shape index (κ1) is 21.0. The molecule has 2 aromatic heterocycles. The van der Waals surface area contributed by atoms with Gasteiger partial charge in [-0.2, -0.15) is 8.78 Å². The van der Waals surface area contributed by atoms with Crippen LogP contribution in [0.5, 0.6) is 5.75 Å². The van der Waals surface area contributed by atoms with Crippen molar-refractivity contribution in [2.75, 3.05) is 0 Å². The Kier molecular flexibility index (Phi) is 5.78. The van der Waals surface area contributed by atoms with Crippen molar-refractivity contribution in [2.45, 2.75) is 60.0 Å². The molecule has 0 amide bonds. The number of hydrogen-bond donors (Lipinski definition) is 0. The number of alkyl halides is 2. The van der Waals surface area contributed by atoms with Crippen molar-refractivity contribution in [3.8, 4) is 17.1 Å². The van der Waals surface area contributed by atoms with Gasteiger partial charge in [-0.3, -0.25) is 9.36 Å². The van der Waals surface area contributed by atoms with Crippen LogP contribution in [0.2, 0.25) is 0 Å². The van der Waals surface area contributed by atoms with Gasteiger partial charge >= 0.3 is 6.61 Å². The number of aromatic nitrogens is 3. The highest BCUT2D eigenvalue weighted by molar-refractivity contribution is 5.68. The van der Waals surface area contributed by atoms with Crippen LogP contribution in [0, 0.1) is 20.8 Å². The highest BCUT2D eigenvalue weighted by Crippen LogP contribution is 2.32. The summed E-state index contributed by atoms with van der Waals surface area (Å²) in [6.45, 7) is 6.90. The smallest absolute Gasteiger partial charge is 0.387 e. The highest BCUT2D eigenvalue weighted by atomic mass is 19.3. The molecule has 29 heavy (non-hydrogen) atoms. The lowest BCUT2D eigenvalue weighted by molar-refractivity contribution is -0.0498. The Labute approximate surface area is 168 Å². The van der Waals surface area contributed by atoms with Crippen molar-refractivity contribution in [1.82, 2.24) is 14.2 Å². The summed E-state index contributed by atoms with van der Waals surface area (Å²) >= 11 is 0. The molecule has 0 aliphatic rings. The van der Waals surface area contributed by atoms with E-state index in [0.717, 1.165) is 29.7 Å². The number of fused-ring (bicyclic) bond motifs is 1.